The van der Waals surface area contributed by atoms with Crippen molar-refractivity contribution in [2.45, 2.75) is 65.2 Å². The van der Waals surface area contributed by atoms with Gasteiger partial charge < -0.3 is 15.8 Å². The number of amides is 2. The molecule has 0 radical (unpaired) electrons. The standard InChI is InChI=1S/C32H46N4O3S/c1-3-4-5-6-7-8-9-10-11-12-13-14-15-16-17-18-19-20-21-22-31(37)33-23-25-40-26-24-34-32(38)30-28-36(39)29(2)27-35-30/h4-5,7-8,10-11,13-14,16-17,19-20,27-28H,3,6,9,12,15,18,21-26H2,1-2H3,(H,33,37)(H,34,38). The molecule has 0 aliphatic rings. The number of carbonyl (C=O) groups excluding carboxylic acids is 2. The lowest BCUT2D eigenvalue weighted by atomic mass is 10.2. The van der Waals surface area contributed by atoms with Gasteiger partial charge in [0.2, 0.25) is 17.8 Å². The Morgan fingerprint density at radius 2 is 1.32 bits per heavy atom. The Kier molecular flexibility index (Phi) is 21.3. The number of aryl methyl sites for hydroxylation is 1. The van der Waals surface area contributed by atoms with Crippen molar-refractivity contribution >= 4 is 23.6 Å². The Labute approximate surface area is 244 Å². The van der Waals surface area contributed by atoms with Crippen LogP contribution in [0.5, 0.6) is 0 Å². The van der Waals surface area contributed by atoms with Crippen LogP contribution in [0.15, 0.2) is 85.3 Å². The average Bonchev–Trinajstić information content (AvgIpc) is 2.95. The fourth-order valence-corrected chi connectivity index (χ4v) is 3.91. The van der Waals surface area contributed by atoms with Gasteiger partial charge in [0.25, 0.3) is 5.91 Å². The highest BCUT2D eigenvalue weighted by Crippen LogP contribution is 2.00. The van der Waals surface area contributed by atoms with Gasteiger partial charge in [-0.05, 0) is 44.9 Å². The van der Waals surface area contributed by atoms with Crippen molar-refractivity contribution < 1.29 is 14.3 Å². The second-order valence-electron chi connectivity index (χ2n) is 8.91. The van der Waals surface area contributed by atoms with Crippen LogP contribution < -0.4 is 15.4 Å². The van der Waals surface area contributed by atoms with Crippen LogP contribution in [0.3, 0.4) is 0 Å². The van der Waals surface area contributed by atoms with Crippen molar-refractivity contribution in [1.82, 2.24) is 15.6 Å². The first kappa shape index (κ1) is 34.6. The van der Waals surface area contributed by atoms with Crippen LogP contribution in [0.2, 0.25) is 0 Å². The summed E-state index contributed by atoms with van der Waals surface area (Å²) in [5, 5.41) is 17.2. The van der Waals surface area contributed by atoms with Crippen LogP contribution in [0.25, 0.3) is 0 Å². The highest BCUT2D eigenvalue weighted by atomic mass is 32.2. The van der Waals surface area contributed by atoms with Crippen LogP contribution >= 0.6 is 11.8 Å². The predicted octanol–water partition coefficient (Wildman–Crippen LogP) is 6.08. The van der Waals surface area contributed by atoms with Gasteiger partial charge in [-0.25, -0.2) is 4.98 Å². The maximum Gasteiger partial charge on any atom is 0.276 e. The molecule has 0 saturated carbocycles. The maximum absolute atomic E-state index is 12.0. The van der Waals surface area contributed by atoms with E-state index in [1.807, 2.05) is 6.08 Å². The lowest BCUT2D eigenvalue weighted by Crippen LogP contribution is -2.34. The van der Waals surface area contributed by atoms with E-state index in [0.29, 0.717) is 35.7 Å². The van der Waals surface area contributed by atoms with E-state index < -0.39 is 0 Å². The summed E-state index contributed by atoms with van der Waals surface area (Å²) < 4.78 is 0.626. The number of thioether (sulfide) groups is 1. The molecule has 0 aromatic carbocycles. The number of hydrogen-bond acceptors (Lipinski definition) is 5. The monoisotopic (exact) mass is 566 g/mol. The Morgan fingerprint density at radius 1 is 0.825 bits per heavy atom. The van der Waals surface area contributed by atoms with E-state index in [1.54, 1.807) is 18.7 Å². The first-order valence-electron chi connectivity index (χ1n) is 14.1. The second kappa shape index (κ2) is 24.6. The molecule has 0 fully saturated rings. The highest BCUT2D eigenvalue weighted by molar-refractivity contribution is 7.99. The molecule has 1 aromatic rings. The summed E-state index contributed by atoms with van der Waals surface area (Å²) >= 11 is 1.64. The molecule has 7 nitrogen and oxygen atoms in total. The van der Waals surface area contributed by atoms with Gasteiger partial charge in [-0.3, -0.25) is 9.59 Å². The van der Waals surface area contributed by atoms with Gasteiger partial charge in [0.1, 0.15) is 0 Å². The molecule has 2 amide bonds. The fourth-order valence-electron chi connectivity index (χ4n) is 3.22. The number of hydrogen-bond donors (Lipinski definition) is 2. The predicted molar refractivity (Wildman–Crippen MR) is 168 cm³/mol. The number of nitrogens with zero attached hydrogens (tertiary/aromatic N) is 2. The third-order valence-electron chi connectivity index (χ3n) is 5.45. The molecule has 218 valence electrons. The van der Waals surface area contributed by atoms with E-state index in [-0.39, 0.29) is 17.5 Å². The second-order valence-corrected chi connectivity index (χ2v) is 10.1. The lowest BCUT2D eigenvalue weighted by Gasteiger charge is -2.06. The molecule has 1 aromatic heterocycles. The van der Waals surface area contributed by atoms with Crippen LogP contribution in [0.1, 0.15) is 74.5 Å². The van der Waals surface area contributed by atoms with Crippen molar-refractivity contribution in [3.05, 3.63) is 102 Å². The zero-order valence-corrected chi connectivity index (χ0v) is 24.9. The van der Waals surface area contributed by atoms with Gasteiger partial charge in [-0.15, -0.1) is 0 Å². The molecular weight excluding hydrogens is 520 g/mol. The summed E-state index contributed by atoms with van der Waals surface area (Å²) in [6, 6.07) is 0. The molecule has 1 rings (SSSR count). The molecule has 0 bridgehead atoms. The maximum atomic E-state index is 12.0. The SMILES string of the molecule is CCC=CCC=CCC=CCC=CCC=CCC=CCCC(=O)NCCSCCNC(=O)c1c[n+]([O-])c(C)cn1. The minimum Gasteiger partial charge on any atom is -0.618 e. The molecule has 0 spiro atoms. The topological polar surface area (TPSA) is 98.0 Å². The fraction of sp³-hybridized carbons (Fsp3) is 0.438. The van der Waals surface area contributed by atoms with Gasteiger partial charge in [-0.2, -0.15) is 16.5 Å². The van der Waals surface area contributed by atoms with Crippen molar-refractivity contribution in [3.63, 3.8) is 0 Å². The average molecular weight is 567 g/mol. The molecular formula is C32H46N4O3S. The first-order valence-corrected chi connectivity index (χ1v) is 15.3. The largest absolute Gasteiger partial charge is 0.618 e. The summed E-state index contributed by atoms with van der Waals surface area (Å²) in [6.45, 7) is 4.84. The van der Waals surface area contributed by atoms with Gasteiger partial charge in [-0.1, -0.05) is 79.8 Å². The van der Waals surface area contributed by atoms with Gasteiger partial charge in [0, 0.05) is 37.9 Å². The Hall–Kier alpha value is -3.39. The zero-order valence-electron chi connectivity index (χ0n) is 24.1. The molecule has 0 saturated heterocycles. The van der Waals surface area contributed by atoms with Crippen LogP contribution in [-0.2, 0) is 4.79 Å². The van der Waals surface area contributed by atoms with Gasteiger partial charge >= 0.3 is 0 Å². The van der Waals surface area contributed by atoms with E-state index in [2.05, 4.69) is 89.4 Å². The summed E-state index contributed by atoms with van der Waals surface area (Å²) in [5.41, 5.74) is 0.538. The Bertz CT molecular complexity index is 1030. The lowest BCUT2D eigenvalue weighted by molar-refractivity contribution is -0.613. The van der Waals surface area contributed by atoms with Crippen molar-refractivity contribution in [2.75, 3.05) is 24.6 Å². The number of allylic oxidation sites excluding steroid dienone is 12. The normalized spacial score (nSPS) is 12.2. The number of rotatable bonds is 21. The summed E-state index contributed by atoms with van der Waals surface area (Å²) in [6.07, 6.45) is 35.6. The highest BCUT2D eigenvalue weighted by Gasteiger charge is 2.11. The van der Waals surface area contributed by atoms with Gasteiger partial charge in [0.05, 0.1) is 6.20 Å². The summed E-state index contributed by atoms with van der Waals surface area (Å²) in [5.74, 6) is 1.16. The van der Waals surface area contributed by atoms with E-state index in [4.69, 9.17) is 0 Å². The van der Waals surface area contributed by atoms with Crippen molar-refractivity contribution in [2.24, 2.45) is 0 Å². The summed E-state index contributed by atoms with van der Waals surface area (Å²) in [4.78, 5) is 27.9. The van der Waals surface area contributed by atoms with Crippen molar-refractivity contribution in [3.8, 4) is 0 Å². The molecule has 2 N–H and O–H groups in total. The van der Waals surface area contributed by atoms with E-state index in [9.17, 15) is 14.8 Å². The molecule has 40 heavy (non-hydrogen) atoms. The molecule has 8 heteroatoms. The minimum atomic E-state index is -0.368. The third kappa shape index (κ3) is 19.6. The number of nitrogens with one attached hydrogen (secondary N) is 2. The van der Waals surface area contributed by atoms with Crippen LogP contribution in [0.4, 0.5) is 0 Å². The van der Waals surface area contributed by atoms with E-state index >= 15 is 0 Å². The van der Waals surface area contributed by atoms with Gasteiger partial charge in [0.15, 0.2) is 5.69 Å². The Balaban J connectivity index is 1.95. The molecule has 0 atom stereocenters. The Morgan fingerprint density at radius 3 is 1.85 bits per heavy atom. The van der Waals surface area contributed by atoms with E-state index in [1.165, 1.54) is 12.4 Å². The van der Waals surface area contributed by atoms with E-state index in [0.717, 1.165) is 50.7 Å². The van der Waals surface area contributed by atoms with Crippen LogP contribution in [0, 0.1) is 12.1 Å². The smallest absolute Gasteiger partial charge is 0.276 e. The van der Waals surface area contributed by atoms with Crippen LogP contribution in [-0.4, -0.2) is 41.4 Å². The quantitative estimate of drug-likeness (QED) is 0.0813. The number of aromatic nitrogens is 2. The first-order chi connectivity index (χ1) is 19.5. The molecule has 0 aliphatic heterocycles. The number of carbonyl (C=O) groups is 2. The third-order valence-corrected chi connectivity index (χ3v) is 6.43. The molecule has 1 heterocycles. The zero-order chi connectivity index (χ0) is 29.1. The summed E-state index contributed by atoms with van der Waals surface area (Å²) in [7, 11) is 0. The minimum absolute atomic E-state index is 0.0461. The molecule has 0 unspecified atom stereocenters. The van der Waals surface area contributed by atoms with Crippen molar-refractivity contribution in [1.29, 1.82) is 0 Å². The molecule has 0 aliphatic carbocycles.